The van der Waals surface area contributed by atoms with Crippen LogP contribution in [0.15, 0.2) is 30.3 Å². The molecule has 1 N–H and O–H groups in total. The van der Waals surface area contributed by atoms with Crippen LogP contribution in [-0.2, 0) is 20.9 Å². The maximum absolute atomic E-state index is 12.1. The minimum absolute atomic E-state index is 0.0482. The lowest BCUT2D eigenvalue weighted by atomic mass is 10.1. The molecule has 0 radical (unpaired) electrons. The number of hydrogen-bond acceptors (Lipinski definition) is 3. The van der Waals surface area contributed by atoms with Crippen molar-refractivity contribution in [3.8, 4) is 0 Å². The molecule has 1 aliphatic rings. The number of benzene rings is 1. The van der Waals surface area contributed by atoms with Crippen molar-refractivity contribution in [1.82, 2.24) is 4.90 Å². The lowest BCUT2D eigenvalue weighted by Gasteiger charge is -2.23. The number of likely N-dealkylation sites (tertiary alicyclic amines) is 1. The van der Waals surface area contributed by atoms with Gasteiger partial charge < -0.3 is 14.7 Å². The average molecular weight is 305 g/mol. The van der Waals surface area contributed by atoms with Gasteiger partial charge in [0.2, 0.25) is 5.91 Å². The molecular weight excluding hydrogens is 282 g/mol. The fourth-order valence-corrected chi connectivity index (χ4v) is 2.81. The number of amides is 1. The van der Waals surface area contributed by atoms with E-state index in [9.17, 15) is 9.59 Å². The Morgan fingerprint density at radius 1 is 1.27 bits per heavy atom. The van der Waals surface area contributed by atoms with Crippen LogP contribution in [-0.4, -0.2) is 41.1 Å². The minimum Gasteiger partial charge on any atom is -0.481 e. The van der Waals surface area contributed by atoms with Gasteiger partial charge in [0.25, 0.3) is 0 Å². The summed E-state index contributed by atoms with van der Waals surface area (Å²) < 4.78 is 5.56. The molecule has 1 unspecified atom stereocenters. The topological polar surface area (TPSA) is 66.8 Å². The molecule has 0 saturated carbocycles. The second-order valence-corrected chi connectivity index (χ2v) is 5.62. The number of aliphatic carboxylic acids is 1. The van der Waals surface area contributed by atoms with Gasteiger partial charge >= 0.3 is 5.97 Å². The van der Waals surface area contributed by atoms with E-state index in [4.69, 9.17) is 9.84 Å². The summed E-state index contributed by atoms with van der Waals surface area (Å²) in [6, 6.07) is 9.79. The van der Waals surface area contributed by atoms with Crippen LogP contribution in [0.3, 0.4) is 0 Å². The number of carbonyl (C=O) groups is 2. The molecule has 1 aliphatic heterocycles. The molecule has 0 bridgehead atoms. The maximum atomic E-state index is 12.1. The molecule has 1 saturated heterocycles. The van der Waals surface area contributed by atoms with E-state index < -0.39 is 5.97 Å². The molecule has 1 heterocycles. The number of carboxylic acids is 1. The quantitative estimate of drug-likeness (QED) is 0.749. The highest BCUT2D eigenvalue weighted by atomic mass is 16.5. The van der Waals surface area contributed by atoms with Crippen LogP contribution in [0.25, 0.3) is 0 Å². The normalized spacial score (nSPS) is 17.6. The highest BCUT2D eigenvalue weighted by Gasteiger charge is 2.29. The lowest BCUT2D eigenvalue weighted by molar-refractivity contribution is -0.140. The van der Waals surface area contributed by atoms with Gasteiger partial charge in [0.05, 0.1) is 13.0 Å². The van der Waals surface area contributed by atoms with E-state index in [1.807, 2.05) is 30.3 Å². The number of carboxylic acid groups (broad SMARTS) is 1. The molecule has 1 aromatic rings. The fourth-order valence-electron chi connectivity index (χ4n) is 2.81. The van der Waals surface area contributed by atoms with E-state index in [-0.39, 0.29) is 18.4 Å². The summed E-state index contributed by atoms with van der Waals surface area (Å²) in [6.07, 6.45) is 2.83. The van der Waals surface area contributed by atoms with Gasteiger partial charge in [0, 0.05) is 25.6 Å². The van der Waals surface area contributed by atoms with Crippen molar-refractivity contribution >= 4 is 11.9 Å². The summed E-state index contributed by atoms with van der Waals surface area (Å²) in [7, 11) is 0. The van der Waals surface area contributed by atoms with Gasteiger partial charge in [-0.05, 0) is 24.8 Å². The third-order valence-corrected chi connectivity index (χ3v) is 3.90. The van der Waals surface area contributed by atoms with Crippen LogP contribution >= 0.6 is 0 Å². The Balaban J connectivity index is 1.64. The number of ether oxygens (including phenoxy) is 1. The highest BCUT2D eigenvalue weighted by molar-refractivity contribution is 5.78. The van der Waals surface area contributed by atoms with Crippen LogP contribution in [0.5, 0.6) is 0 Å². The molecule has 5 heteroatoms. The Bertz CT molecular complexity index is 489. The monoisotopic (exact) mass is 305 g/mol. The SMILES string of the molecule is O=C(O)CC1CCCN1C(=O)CCCOCc1ccccc1. The van der Waals surface area contributed by atoms with Gasteiger partial charge in [-0.15, -0.1) is 0 Å². The van der Waals surface area contributed by atoms with Crippen molar-refractivity contribution in [2.75, 3.05) is 13.2 Å². The fraction of sp³-hybridized carbons (Fsp3) is 0.529. The lowest BCUT2D eigenvalue weighted by Crippen LogP contribution is -2.36. The maximum Gasteiger partial charge on any atom is 0.305 e. The Morgan fingerprint density at radius 3 is 2.77 bits per heavy atom. The summed E-state index contributed by atoms with van der Waals surface area (Å²) in [5, 5.41) is 8.87. The molecule has 0 aliphatic carbocycles. The second kappa shape index (κ2) is 8.54. The molecule has 120 valence electrons. The van der Waals surface area contributed by atoms with Crippen molar-refractivity contribution < 1.29 is 19.4 Å². The molecule has 2 rings (SSSR count). The van der Waals surface area contributed by atoms with Gasteiger partial charge in [0.1, 0.15) is 0 Å². The molecule has 1 fully saturated rings. The van der Waals surface area contributed by atoms with E-state index in [0.717, 1.165) is 18.4 Å². The van der Waals surface area contributed by atoms with Gasteiger partial charge in [-0.1, -0.05) is 30.3 Å². The van der Waals surface area contributed by atoms with Crippen LogP contribution in [0.2, 0.25) is 0 Å². The zero-order chi connectivity index (χ0) is 15.8. The van der Waals surface area contributed by atoms with Crippen molar-refractivity contribution in [2.45, 2.75) is 44.8 Å². The summed E-state index contributed by atoms with van der Waals surface area (Å²) in [5.41, 5.74) is 1.12. The first-order valence-electron chi connectivity index (χ1n) is 7.80. The first-order valence-corrected chi connectivity index (χ1v) is 7.80. The summed E-state index contributed by atoms with van der Waals surface area (Å²) in [4.78, 5) is 24.7. The van der Waals surface area contributed by atoms with Gasteiger partial charge in [-0.3, -0.25) is 9.59 Å². The first kappa shape index (κ1) is 16.5. The third-order valence-electron chi connectivity index (χ3n) is 3.90. The van der Waals surface area contributed by atoms with E-state index in [1.165, 1.54) is 0 Å². The van der Waals surface area contributed by atoms with Crippen LogP contribution < -0.4 is 0 Å². The molecule has 1 aromatic carbocycles. The van der Waals surface area contributed by atoms with Crippen molar-refractivity contribution in [3.05, 3.63) is 35.9 Å². The van der Waals surface area contributed by atoms with Crippen molar-refractivity contribution in [1.29, 1.82) is 0 Å². The minimum atomic E-state index is -0.837. The number of nitrogens with zero attached hydrogens (tertiary/aromatic N) is 1. The molecular formula is C17H23NO4. The average Bonchev–Trinajstić information content (AvgIpc) is 2.95. The van der Waals surface area contributed by atoms with E-state index in [1.54, 1.807) is 4.90 Å². The highest BCUT2D eigenvalue weighted by Crippen LogP contribution is 2.21. The Hall–Kier alpha value is -1.88. The molecule has 22 heavy (non-hydrogen) atoms. The zero-order valence-corrected chi connectivity index (χ0v) is 12.7. The van der Waals surface area contributed by atoms with E-state index in [2.05, 4.69) is 0 Å². The Morgan fingerprint density at radius 2 is 2.05 bits per heavy atom. The second-order valence-electron chi connectivity index (χ2n) is 5.62. The summed E-state index contributed by atoms with van der Waals surface area (Å²) in [6.45, 7) is 1.78. The molecule has 0 aromatic heterocycles. The predicted molar refractivity (Wildman–Crippen MR) is 82.3 cm³/mol. The largest absolute Gasteiger partial charge is 0.481 e. The van der Waals surface area contributed by atoms with Crippen molar-refractivity contribution in [3.63, 3.8) is 0 Å². The summed E-state index contributed by atoms with van der Waals surface area (Å²) in [5.74, 6) is -0.789. The Labute approximate surface area is 130 Å². The smallest absolute Gasteiger partial charge is 0.305 e. The van der Waals surface area contributed by atoms with Crippen molar-refractivity contribution in [2.24, 2.45) is 0 Å². The summed E-state index contributed by atoms with van der Waals surface area (Å²) >= 11 is 0. The van der Waals surface area contributed by atoms with E-state index in [0.29, 0.717) is 32.6 Å². The zero-order valence-electron chi connectivity index (χ0n) is 12.7. The van der Waals surface area contributed by atoms with E-state index >= 15 is 0 Å². The Kier molecular flexibility index (Phi) is 6.40. The van der Waals surface area contributed by atoms with Crippen LogP contribution in [0.1, 0.15) is 37.7 Å². The predicted octanol–water partition coefficient (Wildman–Crippen LogP) is 2.45. The van der Waals surface area contributed by atoms with Gasteiger partial charge in [-0.25, -0.2) is 0 Å². The van der Waals surface area contributed by atoms with Crippen LogP contribution in [0.4, 0.5) is 0 Å². The van der Waals surface area contributed by atoms with Crippen LogP contribution in [0, 0.1) is 0 Å². The molecule has 0 spiro atoms. The first-order chi connectivity index (χ1) is 10.7. The number of hydrogen-bond donors (Lipinski definition) is 1. The standard InChI is InChI=1S/C17H23NO4/c19-16(18-10-4-8-15(18)12-17(20)21)9-5-11-22-13-14-6-2-1-3-7-14/h1-3,6-7,15H,4-5,8-13H2,(H,20,21). The number of rotatable bonds is 8. The van der Waals surface area contributed by atoms with Gasteiger partial charge in [0.15, 0.2) is 0 Å². The van der Waals surface area contributed by atoms with Gasteiger partial charge in [-0.2, -0.15) is 0 Å². The molecule has 5 nitrogen and oxygen atoms in total. The third kappa shape index (κ3) is 5.15. The molecule has 1 atom stereocenters. The number of carbonyl (C=O) groups excluding carboxylic acids is 1. The molecule has 1 amide bonds.